The molecule has 0 spiro atoms. The molecule has 3 rings (SSSR count). The summed E-state index contributed by atoms with van der Waals surface area (Å²) in [5.74, 6) is 1.87. The molecule has 0 aliphatic carbocycles. The lowest BCUT2D eigenvalue weighted by molar-refractivity contribution is 0.405. The Labute approximate surface area is 185 Å². The number of hydrogen-bond donors (Lipinski definition) is 1. The largest absolute Gasteiger partial charge is 0.495 e. The second-order valence-electron chi connectivity index (χ2n) is 6.64. The molecular formula is C21H24BrClN2O2S. The minimum atomic E-state index is 0. The third-order valence-electron chi connectivity index (χ3n) is 4.11. The van der Waals surface area contributed by atoms with Gasteiger partial charge in [0.1, 0.15) is 11.5 Å². The van der Waals surface area contributed by atoms with Gasteiger partial charge in [0, 0.05) is 23.1 Å². The average Bonchev–Trinajstić information content (AvgIpc) is 3.11. The van der Waals surface area contributed by atoms with E-state index in [9.17, 15) is 0 Å². The molecule has 7 heteroatoms. The molecule has 2 aromatic carbocycles. The van der Waals surface area contributed by atoms with E-state index in [0.717, 1.165) is 28.5 Å². The van der Waals surface area contributed by atoms with E-state index in [1.165, 1.54) is 16.9 Å². The molecule has 0 saturated carbocycles. The predicted octanol–water partition coefficient (Wildman–Crippen LogP) is 7.00. The Morgan fingerprint density at radius 2 is 1.75 bits per heavy atom. The molecule has 0 atom stereocenters. The number of ether oxygens (including phenoxy) is 2. The minimum absolute atomic E-state index is 0. The average molecular weight is 484 g/mol. The monoisotopic (exact) mass is 482 g/mol. The fourth-order valence-electron chi connectivity index (χ4n) is 2.82. The molecule has 0 fully saturated rings. The number of methoxy groups -OCH3 is 2. The van der Waals surface area contributed by atoms with Crippen molar-refractivity contribution in [3.8, 4) is 22.8 Å². The van der Waals surface area contributed by atoms with Crippen LogP contribution in [0.1, 0.15) is 19.4 Å². The number of halogens is 2. The summed E-state index contributed by atoms with van der Waals surface area (Å²) in [6.45, 7) is 4.46. The zero-order valence-corrected chi connectivity index (χ0v) is 19.6. The van der Waals surface area contributed by atoms with Gasteiger partial charge in [-0.3, -0.25) is 0 Å². The van der Waals surface area contributed by atoms with E-state index in [2.05, 4.69) is 43.4 Å². The smallest absolute Gasteiger partial charge is 0.187 e. The highest BCUT2D eigenvalue weighted by atomic mass is 79.9. The Morgan fingerprint density at radius 1 is 1.07 bits per heavy atom. The molecule has 3 aromatic rings. The van der Waals surface area contributed by atoms with Crippen molar-refractivity contribution in [3.63, 3.8) is 0 Å². The number of anilines is 2. The Morgan fingerprint density at radius 3 is 2.36 bits per heavy atom. The number of thiazole rings is 1. The van der Waals surface area contributed by atoms with Crippen LogP contribution < -0.4 is 14.8 Å². The predicted molar refractivity (Wildman–Crippen MR) is 124 cm³/mol. The first-order chi connectivity index (χ1) is 13.0. The highest BCUT2D eigenvalue weighted by Gasteiger charge is 2.12. The van der Waals surface area contributed by atoms with Gasteiger partial charge in [0.05, 0.1) is 30.6 Å². The van der Waals surface area contributed by atoms with Crippen LogP contribution in [0.5, 0.6) is 11.5 Å². The van der Waals surface area contributed by atoms with Crippen molar-refractivity contribution in [2.45, 2.75) is 20.3 Å². The Hall–Kier alpha value is -1.76. The van der Waals surface area contributed by atoms with Crippen LogP contribution in [0.25, 0.3) is 11.3 Å². The highest BCUT2D eigenvalue weighted by molar-refractivity contribution is 8.93. The molecule has 0 amide bonds. The maximum atomic E-state index is 6.17. The van der Waals surface area contributed by atoms with Gasteiger partial charge in [0.25, 0.3) is 0 Å². The molecule has 1 N–H and O–H groups in total. The highest BCUT2D eigenvalue weighted by Crippen LogP contribution is 2.38. The maximum Gasteiger partial charge on any atom is 0.187 e. The Bertz CT molecular complexity index is 913. The van der Waals surface area contributed by atoms with E-state index < -0.39 is 0 Å². The molecule has 1 aromatic heterocycles. The number of aromatic nitrogens is 1. The summed E-state index contributed by atoms with van der Waals surface area (Å²) in [5.41, 5.74) is 4.15. The van der Waals surface area contributed by atoms with Crippen LogP contribution in [0, 0.1) is 5.92 Å². The normalized spacial score (nSPS) is 10.5. The van der Waals surface area contributed by atoms with Crippen LogP contribution in [-0.4, -0.2) is 19.2 Å². The lowest BCUT2D eigenvalue weighted by Crippen LogP contribution is -1.96. The minimum Gasteiger partial charge on any atom is -0.495 e. The SMILES string of the molecule is Br.COc1cc(Nc2nc(-c3ccc(CC(C)C)cc3)cs2)c(OC)cc1Cl. The van der Waals surface area contributed by atoms with E-state index in [0.29, 0.717) is 22.4 Å². The van der Waals surface area contributed by atoms with E-state index in [1.807, 2.05) is 11.4 Å². The van der Waals surface area contributed by atoms with Crippen molar-refractivity contribution in [1.82, 2.24) is 4.98 Å². The van der Waals surface area contributed by atoms with Gasteiger partial charge >= 0.3 is 0 Å². The fraction of sp³-hybridized carbons (Fsp3) is 0.286. The lowest BCUT2D eigenvalue weighted by atomic mass is 10.0. The molecule has 0 aliphatic rings. The third-order valence-corrected chi connectivity index (χ3v) is 5.17. The van der Waals surface area contributed by atoms with Gasteiger partial charge in [-0.05, 0) is 17.9 Å². The third kappa shape index (κ3) is 5.40. The zero-order chi connectivity index (χ0) is 19.4. The van der Waals surface area contributed by atoms with Gasteiger partial charge in [-0.25, -0.2) is 4.98 Å². The standard InChI is InChI=1S/C21H23ClN2O2S.BrH/c1-13(2)9-14-5-7-15(8-6-14)18-12-27-21(24-18)23-17-11-19(25-3)16(22)10-20(17)26-4;/h5-8,10-13H,9H2,1-4H3,(H,23,24);1H. The van der Waals surface area contributed by atoms with Gasteiger partial charge in [0.15, 0.2) is 5.13 Å². The van der Waals surface area contributed by atoms with Gasteiger partial charge < -0.3 is 14.8 Å². The van der Waals surface area contributed by atoms with Crippen LogP contribution in [0.3, 0.4) is 0 Å². The van der Waals surface area contributed by atoms with Crippen LogP contribution in [0.15, 0.2) is 41.8 Å². The molecule has 4 nitrogen and oxygen atoms in total. The molecule has 0 saturated heterocycles. The van der Waals surface area contributed by atoms with Crippen LogP contribution in [0.4, 0.5) is 10.8 Å². The number of hydrogen-bond acceptors (Lipinski definition) is 5. The fourth-order valence-corrected chi connectivity index (χ4v) is 3.78. The van der Waals surface area contributed by atoms with Crippen molar-refractivity contribution >= 4 is 50.7 Å². The summed E-state index contributed by atoms with van der Waals surface area (Å²) in [6, 6.07) is 12.1. The first-order valence-corrected chi connectivity index (χ1v) is 9.99. The van der Waals surface area contributed by atoms with Crippen molar-refractivity contribution in [2.75, 3.05) is 19.5 Å². The summed E-state index contributed by atoms with van der Waals surface area (Å²) >= 11 is 7.71. The molecular weight excluding hydrogens is 460 g/mol. The number of rotatable bonds is 7. The van der Waals surface area contributed by atoms with Crippen LogP contribution in [0.2, 0.25) is 5.02 Å². The Balaban J connectivity index is 0.00000280. The second-order valence-corrected chi connectivity index (χ2v) is 7.91. The van der Waals surface area contributed by atoms with Crippen molar-refractivity contribution < 1.29 is 9.47 Å². The van der Waals surface area contributed by atoms with E-state index in [4.69, 9.17) is 26.1 Å². The van der Waals surface area contributed by atoms with Crippen molar-refractivity contribution in [3.05, 3.63) is 52.4 Å². The summed E-state index contributed by atoms with van der Waals surface area (Å²) in [4.78, 5) is 4.70. The summed E-state index contributed by atoms with van der Waals surface area (Å²) in [7, 11) is 3.19. The van der Waals surface area contributed by atoms with Gasteiger partial charge in [-0.2, -0.15) is 0 Å². The second kappa shape index (κ2) is 10.1. The Kier molecular flexibility index (Phi) is 8.16. The van der Waals surface area contributed by atoms with Crippen molar-refractivity contribution in [2.24, 2.45) is 5.92 Å². The molecule has 1 heterocycles. The van der Waals surface area contributed by atoms with E-state index >= 15 is 0 Å². The maximum absolute atomic E-state index is 6.17. The quantitative estimate of drug-likeness (QED) is 0.393. The molecule has 0 aliphatic heterocycles. The first-order valence-electron chi connectivity index (χ1n) is 8.73. The molecule has 0 bridgehead atoms. The summed E-state index contributed by atoms with van der Waals surface area (Å²) in [6.07, 6.45) is 1.09. The van der Waals surface area contributed by atoms with E-state index in [1.54, 1.807) is 20.3 Å². The van der Waals surface area contributed by atoms with E-state index in [-0.39, 0.29) is 17.0 Å². The van der Waals surface area contributed by atoms with Gasteiger partial charge in [-0.15, -0.1) is 28.3 Å². The molecule has 0 unspecified atom stereocenters. The number of nitrogens with zero attached hydrogens (tertiary/aromatic N) is 1. The topological polar surface area (TPSA) is 43.4 Å². The first kappa shape index (κ1) is 22.5. The van der Waals surface area contributed by atoms with Crippen LogP contribution >= 0.6 is 39.9 Å². The van der Waals surface area contributed by atoms with Gasteiger partial charge in [-0.1, -0.05) is 49.7 Å². The van der Waals surface area contributed by atoms with Crippen LogP contribution in [-0.2, 0) is 6.42 Å². The molecule has 150 valence electrons. The summed E-state index contributed by atoms with van der Waals surface area (Å²) < 4.78 is 10.7. The lowest BCUT2D eigenvalue weighted by Gasteiger charge is -2.12. The number of benzene rings is 2. The van der Waals surface area contributed by atoms with Gasteiger partial charge in [0.2, 0.25) is 0 Å². The number of nitrogens with one attached hydrogen (secondary N) is 1. The zero-order valence-electron chi connectivity index (χ0n) is 16.3. The van der Waals surface area contributed by atoms with Crippen molar-refractivity contribution in [1.29, 1.82) is 0 Å². The molecule has 0 radical (unpaired) electrons. The molecule has 28 heavy (non-hydrogen) atoms. The summed E-state index contributed by atoms with van der Waals surface area (Å²) in [5, 5.41) is 6.62.